The highest BCUT2D eigenvalue weighted by molar-refractivity contribution is 7.10. The molecule has 0 spiro atoms. The second-order valence-corrected chi connectivity index (χ2v) is 7.06. The van der Waals surface area contributed by atoms with E-state index in [0.717, 1.165) is 19.4 Å². The van der Waals surface area contributed by atoms with E-state index in [-0.39, 0.29) is 17.8 Å². The lowest BCUT2D eigenvalue weighted by atomic mass is 10.2. The van der Waals surface area contributed by atoms with Gasteiger partial charge in [-0.2, -0.15) is 0 Å². The molecule has 5 nitrogen and oxygen atoms in total. The van der Waals surface area contributed by atoms with Crippen molar-refractivity contribution in [3.8, 4) is 5.69 Å². The second kappa shape index (κ2) is 6.40. The summed E-state index contributed by atoms with van der Waals surface area (Å²) in [5.74, 6) is -0.407. The van der Waals surface area contributed by atoms with Gasteiger partial charge in [0.25, 0.3) is 5.91 Å². The van der Waals surface area contributed by atoms with E-state index >= 15 is 0 Å². The van der Waals surface area contributed by atoms with Crippen LogP contribution < -0.4 is 0 Å². The van der Waals surface area contributed by atoms with Gasteiger partial charge in [-0.3, -0.25) is 4.79 Å². The number of hydrogen-bond acceptors (Lipinski definition) is 4. The van der Waals surface area contributed by atoms with Crippen molar-refractivity contribution in [1.82, 2.24) is 19.9 Å². The number of carbonyl (C=O) groups is 1. The molecule has 4 rings (SSSR count). The third-order valence-electron chi connectivity index (χ3n) is 4.55. The Balaban J connectivity index is 1.64. The van der Waals surface area contributed by atoms with Crippen molar-refractivity contribution in [3.63, 3.8) is 0 Å². The fourth-order valence-corrected chi connectivity index (χ4v) is 4.15. The largest absolute Gasteiger partial charge is 0.329 e. The Morgan fingerprint density at radius 1 is 1.28 bits per heavy atom. The van der Waals surface area contributed by atoms with Crippen LogP contribution in [-0.4, -0.2) is 32.3 Å². The zero-order chi connectivity index (χ0) is 17.4. The van der Waals surface area contributed by atoms with Crippen molar-refractivity contribution < 1.29 is 9.18 Å². The maximum atomic E-state index is 13.1. The van der Waals surface area contributed by atoms with Gasteiger partial charge in [0.15, 0.2) is 5.69 Å². The summed E-state index contributed by atoms with van der Waals surface area (Å²) in [5, 5.41) is 10.2. The molecule has 2 aromatic heterocycles. The summed E-state index contributed by atoms with van der Waals surface area (Å²) in [6, 6.07) is 10.2. The molecule has 1 saturated heterocycles. The Hall–Kier alpha value is -2.54. The van der Waals surface area contributed by atoms with Crippen LogP contribution in [0.3, 0.4) is 0 Å². The van der Waals surface area contributed by atoms with Crippen LogP contribution in [0.15, 0.2) is 41.8 Å². The minimum Gasteiger partial charge on any atom is -0.329 e. The van der Waals surface area contributed by atoms with Crippen LogP contribution in [0.1, 0.15) is 39.9 Å². The van der Waals surface area contributed by atoms with Crippen LogP contribution in [-0.2, 0) is 0 Å². The molecule has 1 atom stereocenters. The van der Waals surface area contributed by atoms with Crippen LogP contribution in [0.5, 0.6) is 0 Å². The van der Waals surface area contributed by atoms with Crippen LogP contribution in [0.2, 0.25) is 0 Å². The Labute approximate surface area is 148 Å². The summed E-state index contributed by atoms with van der Waals surface area (Å²) in [6.07, 6.45) is 1.96. The number of thiophene rings is 1. The topological polar surface area (TPSA) is 51.0 Å². The number of benzene rings is 1. The number of amides is 1. The van der Waals surface area contributed by atoms with Crippen LogP contribution in [0.25, 0.3) is 5.69 Å². The van der Waals surface area contributed by atoms with Gasteiger partial charge in [-0.25, -0.2) is 9.07 Å². The molecule has 0 saturated carbocycles. The van der Waals surface area contributed by atoms with Crippen molar-refractivity contribution in [1.29, 1.82) is 0 Å². The minimum atomic E-state index is -0.311. The number of nitrogens with zero attached hydrogens (tertiary/aromatic N) is 4. The number of carbonyl (C=O) groups excluding carboxylic acids is 1. The van der Waals surface area contributed by atoms with Crippen LogP contribution in [0.4, 0.5) is 4.39 Å². The molecular formula is C18H17FN4OS. The van der Waals surface area contributed by atoms with Crippen LogP contribution >= 0.6 is 11.3 Å². The Morgan fingerprint density at radius 3 is 2.80 bits per heavy atom. The standard InChI is InChI=1S/C18H17FN4OS/c1-12-17(20-21-23(12)14-8-6-13(19)7-9-14)18(24)22-10-2-4-15(22)16-5-3-11-25-16/h3,5-9,11,15H,2,4,10H2,1H3. The first-order valence-electron chi connectivity index (χ1n) is 8.18. The van der Waals surface area contributed by atoms with Crippen molar-refractivity contribution in [2.24, 2.45) is 0 Å². The van der Waals surface area contributed by atoms with E-state index in [4.69, 9.17) is 0 Å². The molecule has 1 unspecified atom stereocenters. The van der Waals surface area contributed by atoms with Gasteiger partial charge < -0.3 is 4.90 Å². The molecule has 0 radical (unpaired) electrons. The molecule has 7 heteroatoms. The highest BCUT2D eigenvalue weighted by atomic mass is 32.1. The Kier molecular flexibility index (Phi) is 4.09. The van der Waals surface area contributed by atoms with Crippen molar-refractivity contribution >= 4 is 17.2 Å². The normalized spacial score (nSPS) is 17.2. The van der Waals surface area contributed by atoms with Crippen molar-refractivity contribution in [2.75, 3.05) is 6.54 Å². The molecule has 1 aliphatic rings. The zero-order valence-corrected chi connectivity index (χ0v) is 14.5. The highest BCUT2D eigenvalue weighted by Crippen LogP contribution is 2.35. The van der Waals surface area contributed by atoms with E-state index in [1.807, 2.05) is 23.3 Å². The average Bonchev–Trinajstić information content (AvgIpc) is 3.35. The predicted octanol–water partition coefficient (Wildman–Crippen LogP) is 3.75. The van der Waals surface area contributed by atoms with Gasteiger partial charge in [0.1, 0.15) is 5.82 Å². The fraction of sp³-hybridized carbons (Fsp3) is 0.278. The van der Waals surface area contributed by atoms with Gasteiger partial charge in [0.05, 0.1) is 17.4 Å². The predicted molar refractivity (Wildman–Crippen MR) is 93.4 cm³/mol. The molecule has 128 valence electrons. The van der Waals surface area contributed by atoms with E-state index in [2.05, 4.69) is 16.4 Å². The van der Waals surface area contributed by atoms with E-state index in [0.29, 0.717) is 17.1 Å². The molecule has 0 N–H and O–H groups in total. The van der Waals surface area contributed by atoms with E-state index < -0.39 is 0 Å². The average molecular weight is 356 g/mol. The molecule has 1 amide bonds. The quantitative estimate of drug-likeness (QED) is 0.718. The lowest BCUT2D eigenvalue weighted by Gasteiger charge is -2.23. The summed E-state index contributed by atoms with van der Waals surface area (Å²) in [7, 11) is 0. The molecule has 3 aromatic rings. The number of halogens is 1. The number of likely N-dealkylation sites (tertiary alicyclic amines) is 1. The van der Waals surface area contributed by atoms with Crippen molar-refractivity contribution in [2.45, 2.75) is 25.8 Å². The third-order valence-corrected chi connectivity index (χ3v) is 5.53. The third kappa shape index (κ3) is 2.84. The summed E-state index contributed by atoms with van der Waals surface area (Å²) in [5.41, 5.74) is 1.70. The lowest BCUT2D eigenvalue weighted by molar-refractivity contribution is 0.0731. The van der Waals surface area contributed by atoms with Gasteiger partial charge in [0, 0.05) is 11.4 Å². The first-order chi connectivity index (χ1) is 12.1. The smallest absolute Gasteiger partial charge is 0.276 e. The maximum Gasteiger partial charge on any atom is 0.276 e. The van der Waals surface area contributed by atoms with Gasteiger partial charge in [-0.1, -0.05) is 11.3 Å². The summed E-state index contributed by atoms with van der Waals surface area (Å²) >= 11 is 1.67. The van der Waals surface area contributed by atoms with Crippen molar-refractivity contribution in [3.05, 3.63) is 63.9 Å². The number of hydrogen-bond donors (Lipinski definition) is 0. The maximum absolute atomic E-state index is 13.1. The molecule has 1 fully saturated rings. The molecule has 25 heavy (non-hydrogen) atoms. The number of aromatic nitrogens is 3. The molecule has 1 aliphatic heterocycles. The molecular weight excluding hydrogens is 339 g/mol. The van der Waals surface area contributed by atoms with Gasteiger partial charge >= 0.3 is 0 Å². The first kappa shape index (κ1) is 16.0. The fourth-order valence-electron chi connectivity index (χ4n) is 3.28. The summed E-state index contributed by atoms with van der Waals surface area (Å²) < 4.78 is 14.7. The SMILES string of the molecule is Cc1c(C(=O)N2CCCC2c2cccs2)nnn1-c1ccc(F)cc1. The van der Waals surface area contributed by atoms with Crippen LogP contribution in [0, 0.1) is 12.7 Å². The van der Waals surface area contributed by atoms with E-state index in [1.165, 1.54) is 17.0 Å². The van der Waals surface area contributed by atoms with E-state index in [1.54, 1.807) is 28.2 Å². The first-order valence-corrected chi connectivity index (χ1v) is 9.06. The summed E-state index contributed by atoms with van der Waals surface area (Å²) in [6.45, 7) is 2.54. The van der Waals surface area contributed by atoms with Gasteiger partial charge in [-0.05, 0) is 55.5 Å². The monoisotopic (exact) mass is 356 g/mol. The highest BCUT2D eigenvalue weighted by Gasteiger charge is 2.33. The van der Waals surface area contributed by atoms with Gasteiger partial charge in [0.2, 0.25) is 0 Å². The van der Waals surface area contributed by atoms with E-state index in [9.17, 15) is 9.18 Å². The molecule has 0 aliphatic carbocycles. The minimum absolute atomic E-state index is 0.0956. The summed E-state index contributed by atoms with van der Waals surface area (Å²) in [4.78, 5) is 16.1. The Bertz CT molecular complexity index is 888. The molecule has 1 aromatic carbocycles. The van der Waals surface area contributed by atoms with Gasteiger partial charge in [-0.15, -0.1) is 16.4 Å². The number of rotatable bonds is 3. The lowest BCUT2D eigenvalue weighted by Crippen LogP contribution is -2.31. The Morgan fingerprint density at radius 2 is 2.08 bits per heavy atom. The zero-order valence-electron chi connectivity index (χ0n) is 13.7. The molecule has 3 heterocycles. The second-order valence-electron chi connectivity index (χ2n) is 6.08. The molecule has 0 bridgehead atoms.